The summed E-state index contributed by atoms with van der Waals surface area (Å²) in [6.45, 7) is 0.235. The molecule has 0 radical (unpaired) electrons. The lowest BCUT2D eigenvalue weighted by Crippen LogP contribution is -2.45. The van der Waals surface area contributed by atoms with Crippen LogP contribution in [-0.4, -0.2) is 30.9 Å². The Kier molecular flexibility index (Phi) is 3.39. The van der Waals surface area contributed by atoms with Crippen molar-refractivity contribution in [3.63, 3.8) is 0 Å². The number of carbonyl (C=O) groups excluding carboxylic acids is 1. The van der Waals surface area contributed by atoms with E-state index in [1.165, 1.54) is 7.11 Å². The minimum Gasteiger partial charge on any atom is -0.468 e. The second-order valence-electron chi connectivity index (χ2n) is 6.56. The molecule has 0 bridgehead atoms. The summed E-state index contributed by atoms with van der Waals surface area (Å²) in [4.78, 5) is 15.8. The fraction of sp³-hybridized carbons (Fsp3) is 0.250. The van der Waals surface area contributed by atoms with Crippen LogP contribution in [-0.2, 0) is 16.0 Å². The Morgan fingerprint density at radius 2 is 2.00 bits per heavy atom. The van der Waals surface area contributed by atoms with Crippen LogP contribution in [0.3, 0.4) is 0 Å². The number of hydrogen-bond acceptors (Lipinski definition) is 5. The van der Waals surface area contributed by atoms with E-state index in [1.807, 2.05) is 30.3 Å². The number of nitrogens with one attached hydrogen (secondary N) is 2. The SMILES string of the molecule is COC(=O)[C@H]1Cc2c([nH]c3ccccc23)[C@H](c2ccc3c(c2)OCO3)N1. The third-order valence-corrected chi connectivity index (χ3v) is 5.13. The van der Waals surface area contributed by atoms with E-state index in [4.69, 9.17) is 14.2 Å². The van der Waals surface area contributed by atoms with Crippen LogP contribution in [0.25, 0.3) is 10.9 Å². The number of para-hydroxylation sites is 1. The lowest BCUT2D eigenvalue weighted by atomic mass is 9.90. The molecule has 0 amide bonds. The number of carbonyl (C=O) groups is 1. The van der Waals surface area contributed by atoms with Crippen LogP contribution < -0.4 is 14.8 Å². The second kappa shape index (κ2) is 5.78. The zero-order valence-corrected chi connectivity index (χ0v) is 14.2. The summed E-state index contributed by atoms with van der Waals surface area (Å²) in [5, 5.41) is 4.57. The molecule has 2 aromatic carbocycles. The molecule has 0 saturated heterocycles. The standard InChI is InChI=1S/C20H18N2O4/c1-24-20(23)15-9-13-12-4-2-3-5-14(12)21-19(13)18(22-15)11-6-7-16-17(8-11)26-10-25-16/h2-8,15,18,21-22H,9-10H2,1H3/t15-,18+/m1/s1. The van der Waals surface area contributed by atoms with Crippen molar-refractivity contribution in [1.29, 1.82) is 0 Å². The van der Waals surface area contributed by atoms with Gasteiger partial charge in [0.1, 0.15) is 6.04 Å². The highest BCUT2D eigenvalue weighted by atomic mass is 16.7. The fourth-order valence-corrected chi connectivity index (χ4v) is 3.88. The average Bonchev–Trinajstić information content (AvgIpc) is 3.30. The van der Waals surface area contributed by atoms with Gasteiger partial charge >= 0.3 is 5.97 Å². The van der Waals surface area contributed by atoms with Gasteiger partial charge in [0, 0.05) is 23.0 Å². The smallest absolute Gasteiger partial charge is 0.323 e. The monoisotopic (exact) mass is 350 g/mol. The van der Waals surface area contributed by atoms with Crippen LogP contribution in [0.5, 0.6) is 11.5 Å². The van der Waals surface area contributed by atoms with Crippen LogP contribution in [0.2, 0.25) is 0 Å². The predicted molar refractivity (Wildman–Crippen MR) is 95.4 cm³/mol. The van der Waals surface area contributed by atoms with Gasteiger partial charge in [-0.1, -0.05) is 24.3 Å². The van der Waals surface area contributed by atoms with Crippen molar-refractivity contribution in [1.82, 2.24) is 10.3 Å². The van der Waals surface area contributed by atoms with E-state index in [9.17, 15) is 4.79 Å². The van der Waals surface area contributed by atoms with E-state index >= 15 is 0 Å². The van der Waals surface area contributed by atoms with E-state index in [-0.39, 0.29) is 18.8 Å². The van der Waals surface area contributed by atoms with Crippen LogP contribution in [0, 0.1) is 0 Å². The normalized spacial score (nSPS) is 20.8. The van der Waals surface area contributed by atoms with Crippen molar-refractivity contribution >= 4 is 16.9 Å². The summed E-state index contributed by atoms with van der Waals surface area (Å²) in [6, 6.07) is 13.5. The van der Waals surface area contributed by atoms with Gasteiger partial charge < -0.3 is 19.2 Å². The zero-order valence-electron chi connectivity index (χ0n) is 14.2. The molecule has 6 nitrogen and oxygen atoms in total. The third-order valence-electron chi connectivity index (χ3n) is 5.13. The van der Waals surface area contributed by atoms with Gasteiger partial charge in [-0.2, -0.15) is 0 Å². The lowest BCUT2D eigenvalue weighted by molar-refractivity contribution is -0.143. The maximum absolute atomic E-state index is 12.3. The molecule has 1 aromatic heterocycles. The average molecular weight is 350 g/mol. The van der Waals surface area contributed by atoms with Crippen molar-refractivity contribution in [2.45, 2.75) is 18.5 Å². The van der Waals surface area contributed by atoms with Gasteiger partial charge in [-0.3, -0.25) is 10.1 Å². The van der Waals surface area contributed by atoms with E-state index in [0.717, 1.165) is 39.2 Å². The molecule has 5 rings (SSSR count). The number of esters is 1. The topological polar surface area (TPSA) is 72.6 Å². The summed E-state index contributed by atoms with van der Waals surface area (Å²) in [5.41, 5.74) is 4.30. The molecular formula is C20H18N2O4. The highest BCUT2D eigenvalue weighted by molar-refractivity contribution is 5.87. The van der Waals surface area contributed by atoms with Crippen molar-refractivity contribution in [3.05, 3.63) is 59.3 Å². The molecular weight excluding hydrogens is 332 g/mol. The molecule has 0 unspecified atom stereocenters. The fourth-order valence-electron chi connectivity index (χ4n) is 3.88. The van der Waals surface area contributed by atoms with Gasteiger partial charge in [-0.05, 0) is 29.3 Å². The number of benzene rings is 2. The Morgan fingerprint density at radius 1 is 1.15 bits per heavy atom. The van der Waals surface area contributed by atoms with Crippen molar-refractivity contribution in [2.75, 3.05) is 13.9 Å². The lowest BCUT2D eigenvalue weighted by Gasteiger charge is -2.30. The van der Waals surface area contributed by atoms with E-state index < -0.39 is 6.04 Å². The first-order valence-electron chi connectivity index (χ1n) is 8.57. The number of H-pyrrole nitrogens is 1. The molecule has 0 spiro atoms. The number of hydrogen-bond donors (Lipinski definition) is 2. The van der Waals surface area contributed by atoms with Crippen LogP contribution in [0.15, 0.2) is 42.5 Å². The largest absolute Gasteiger partial charge is 0.468 e. The quantitative estimate of drug-likeness (QED) is 0.695. The molecule has 0 fully saturated rings. The molecule has 3 heterocycles. The number of ether oxygens (including phenoxy) is 3. The Morgan fingerprint density at radius 3 is 2.88 bits per heavy atom. The molecule has 2 aliphatic rings. The van der Waals surface area contributed by atoms with Gasteiger partial charge in [0.05, 0.1) is 13.2 Å². The predicted octanol–water partition coefficient (Wildman–Crippen LogP) is 2.67. The van der Waals surface area contributed by atoms with Crippen molar-refractivity contribution in [2.24, 2.45) is 0 Å². The Balaban J connectivity index is 1.65. The number of fused-ring (bicyclic) bond motifs is 4. The number of aromatic nitrogens is 1. The molecule has 132 valence electrons. The number of rotatable bonds is 2. The Hall–Kier alpha value is -2.99. The molecule has 0 saturated carbocycles. The van der Waals surface area contributed by atoms with Crippen LogP contribution >= 0.6 is 0 Å². The number of methoxy groups -OCH3 is 1. The Bertz CT molecular complexity index is 1010. The highest BCUT2D eigenvalue weighted by Gasteiger charge is 2.35. The molecule has 0 aliphatic carbocycles. The number of aromatic amines is 1. The second-order valence-corrected chi connectivity index (χ2v) is 6.56. The first kappa shape index (κ1) is 15.3. The van der Waals surface area contributed by atoms with Crippen molar-refractivity contribution < 1.29 is 19.0 Å². The molecule has 6 heteroatoms. The van der Waals surface area contributed by atoms with Crippen molar-refractivity contribution in [3.8, 4) is 11.5 Å². The Labute approximate surface area is 150 Å². The van der Waals surface area contributed by atoms with Crippen LogP contribution in [0.4, 0.5) is 0 Å². The van der Waals surface area contributed by atoms with Gasteiger partial charge in [0.2, 0.25) is 6.79 Å². The van der Waals surface area contributed by atoms with Gasteiger partial charge in [0.25, 0.3) is 0 Å². The van der Waals surface area contributed by atoms with Gasteiger partial charge in [0.15, 0.2) is 11.5 Å². The third kappa shape index (κ3) is 2.26. The maximum Gasteiger partial charge on any atom is 0.323 e. The first-order chi connectivity index (χ1) is 12.7. The molecule has 2 aliphatic heterocycles. The summed E-state index contributed by atoms with van der Waals surface area (Å²) in [7, 11) is 1.42. The van der Waals surface area contributed by atoms with E-state index in [1.54, 1.807) is 0 Å². The maximum atomic E-state index is 12.3. The highest BCUT2D eigenvalue weighted by Crippen LogP contribution is 2.39. The summed E-state index contributed by atoms with van der Waals surface area (Å²) >= 11 is 0. The minimum atomic E-state index is -0.401. The molecule has 3 aromatic rings. The molecule has 2 N–H and O–H groups in total. The summed E-state index contributed by atoms with van der Waals surface area (Å²) in [6.07, 6.45) is 0.590. The molecule has 2 atom stereocenters. The first-order valence-corrected chi connectivity index (χ1v) is 8.57. The zero-order chi connectivity index (χ0) is 17.7. The van der Waals surface area contributed by atoms with E-state index in [0.29, 0.717) is 6.42 Å². The van der Waals surface area contributed by atoms with Crippen LogP contribution in [0.1, 0.15) is 22.9 Å². The molecule has 26 heavy (non-hydrogen) atoms. The van der Waals surface area contributed by atoms with Gasteiger partial charge in [-0.25, -0.2) is 0 Å². The summed E-state index contributed by atoms with van der Waals surface area (Å²) in [5.74, 6) is 1.21. The van der Waals surface area contributed by atoms with Gasteiger partial charge in [-0.15, -0.1) is 0 Å². The van der Waals surface area contributed by atoms with E-state index in [2.05, 4.69) is 22.4 Å². The minimum absolute atomic E-state index is 0.162. The summed E-state index contributed by atoms with van der Waals surface area (Å²) < 4.78 is 15.9.